The molecule has 0 radical (unpaired) electrons. The number of unbranched alkanes of at least 4 members (excludes halogenated alkanes) is 1. The van der Waals surface area contributed by atoms with E-state index in [1.807, 2.05) is 13.8 Å². The van der Waals surface area contributed by atoms with Crippen molar-refractivity contribution in [3.05, 3.63) is 11.6 Å². The second kappa shape index (κ2) is 6.84. The van der Waals surface area contributed by atoms with Gasteiger partial charge in [0, 0.05) is 11.5 Å². The molecular formula is C10H18N8S2. The lowest BCUT2D eigenvalue weighted by Crippen LogP contribution is -2.11. The van der Waals surface area contributed by atoms with Crippen LogP contribution in [0.5, 0.6) is 0 Å². The highest BCUT2D eigenvalue weighted by atomic mass is 32.2. The van der Waals surface area contributed by atoms with Crippen molar-refractivity contribution < 1.29 is 0 Å². The summed E-state index contributed by atoms with van der Waals surface area (Å²) < 4.78 is 3.03. The number of nitrogens with zero attached hydrogens (tertiary/aromatic N) is 6. The molecule has 4 N–H and O–H groups in total. The third-order valence-corrected chi connectivity index (χ3v) is 4.73. The molecular weight excluding hydrogens is 296 g/mol. The van der Waals surface area contributed by atoms with E-state index in [0.717, 1.165) is 46.3 Å². The molecule has 0 aliphatic heterocycles. The summed E-state index contributed by atoms with van der Waals surface area (Å²) in [5, 5.41) is 17.3. The average molecular weight is 314 g/mol. The molecule has 0 unspecified atom stereocenters. The smallest absolute Gasteiger partial charge is 0.209 e. The predicted molar refractivity (Wildman–Crippen MR) is 80.5 cm³/mol. The van der Waals surface area contributed by atoms with E-state index in [4.69, 9.17) is 11.7 Å². The van der Waals surface area contributed by atoms with Gasteiger partial charge in [0.1, 0.15) is 11.6 Å². The molecule has 0 amide bonds. The number of hydrogen-bond acceptors (Lipinski definition) is 8. The molecule has 2 aromatic heterocycles. The van der Waals surface area contributed by atoms with Gasteiger partial charge in [0.05, 0.1) is 0 Å². The van der Waals surface area contributed by atoms with Crippen LogP contribution in [0.4, 0.5) is 0 Å². The van der Waals surface area contributed by atoms with E-state index in [2.05, 4.69) is 20.4 Å². The summed E-state index contributed by atoms with van der Waals surface area (Å²) in [6.45, 7) is 3.66. The van der Waals surface area contributed by atoms with Crippen molar-refractivity contribution in [2.45, 2.75) is 37.0 Å². The number of aryl methyl sites for hydroxylation is 2. The fourth-order valence-corrected chi connectivity index (χ4v) is 3.23. The molecule has 0 aliphatic rings. The largest absolute Gasteiger partial charge is 0.336 e. The fraction of sp³-hybridized carbons (Fsp3) is 0.600. The highest BCUT2D eigenvalue weighted by molar-refractivity contribution is 7.99. The molecule has 0 aliphatic carbocycles. The first kappa shape index (κ1) is 15.0. The quantitative estimate of drug-likeness (QED) is 0.433. The lowest BCUT2D eigenvalue weighted by molar-refractivity contribution is 0.815. The van der Waals surface area contributed by atoms with Crippen molar-refractivity contribution in [3.8, 4) is 0 Å². The van der Waals surface area contributed by atoms with Crippen LogP contribution in [0, 0.1) is 13.8 Å². The van der Waals surface area contributed by atoms with Gasteiger partial charge in [-0.2, -0.15) is 0 Å². The first-order valence-electron chi connectivity index (χ1n) is 6.19. The van der Waals surface area contributed by atoms with Gasteiger partial charge in [0.25, 0.3) is 0 Å². The minimum Gasteiger partial charge on any atom is -0.336 e. The third-order valence-electron chi connectivity index (χ3n) is 2.67. The summed E-state index contributed by atoms with van der Waals surface area (Å²) in [6.07, 6.45) is 2.14. The summed E-state index contributed by atoms with van der Waals surface area (Å²) in [7, 11) is 0. The fourth-order valence-electron chi connectivity index (χ4n) is 1.43. The maximum absolute atomic E-state index is 5.77. The molecule has 8 nitrogen and oxygen atoms in total. The zero-order chi connectivity index (χ0) is 14.5. The first-order valence-corrected chi connectivity index (χ1v) is 8.16. The second-order valence-corrected chi connectivity index (χ2v) is 6.33. The lowest BCUT2D eigenvalue weighted by atomic mass is 10.4. The van der Waals surface area contributed by atoms with Crippen LogP contribution >= 0.6 is 23.5 Å². The number of nitrogen functional groups attached to an aromatic ring is 2. The summed E-state index contributed by atoms with van der Waals surface area (Å²) in [5.41, 5.74) is 0. The molecule has 10 heteroatoms. The Morgan fingerprint density at radius 2 is 1.20 bits per heavy atom. The van der Waals surface area contributed by atoms with E-state index >= 15 is 0 Å². The van der Waals surface area contributed by atoms with Crippen LogP contribution in [0.2, 0.25) is 0 Å². The molecule has 0 atom stereocenters. The molecule has 20 heavy (non-hydrogen) atoms. The number of aromatic nitrogens is 6. The maximum atomic E-state index is 5.77. The molecule has 110 valence electrons. The normalized spacial score (nSPS) is 11.1. The number of hydrogen-bond donors (Lipinski definition) is 2. The molecule has 0 saturated carbocycles. The molecule has 2 aromatic rings. The number of thioether (sulfide) groups is 2. The third kappa shape index (κ3) is 3.57. The van der Waals surface area contributed by atoms with Gasteiger partial charge < -0.3 is 11.7 Å². The Bertz CT molecular complexity index is 513. The summed E-state index contributed by atoms with van der Waals surface area (Å²) >= 11 is 3.24. The van der Waals surface area contributed by atoms with Crippen molar-refractivity contribution in [2.75, 3.05) is 23.2 Å². The minimum absolute atomic E-state index is 0.723. The summed E-state index contributed by atoms with van der Waals surface area (Å²) in [4.78, 5) is 0. The van der Waals surface area contributed by atoms with Gasteiger partial charge in [-0.05, 0) is 26.7 Å². The maximum Gasteiger partial charge on any atom is 0.209 e. The zero-order valence-electron chi connectivity index (χ0n) is 11.5. The van der Waals surface area contributed by atoms with Gasteiger partial charge in [0.15, 0.2) is 0 Å². The summed E-state index contributed by atoms with van der Waals surface area (Å²) in [6, 6.07) is 0. The van der Waals surface area contributed by atoms with Crippen molar-refractivity contribution in [3.63, 3.8) is 0 Å². The predicted octanol–water partition coefficient (Wildman–Crippen LogP) is 0.579. The van der Waals surface area contributed by atoms with E-state index in [0.29, 0.717) is 0 Å². The average Bonchev–Trinajstić information content (AvgIpc) is 2.92. The van der Waals surface area contributed by atoms with Gasteiger partial charge in [-0.3, -0.25) is 0 Å². The lowest BCUT2D eigenvalue weighted by Gasteiger charge is -2.02. The topological polar surface area (TPSA) is 113 Å². The van der Waals surface area contributed by atoms with E-state index in [1.165, 1.54) is 9.35 Å². The van der Waals surface area contributed by atoms with E-state index in [1.54, 1.807) is 23.5 Å². The molecule has 0 bridgehead atoms. The second-order valence-electron chi connectivity index (χ2n) is 4.20. The van der Waals surface area contributed by atoms with Crippen LogP contribution < -0.4 is 11.7 Å². The minimum atomic E-state index is 0.723. The molecule has 0 spiro atoms. The molecule has 0 aromatic carbocycles. The van der Waals surface area contributed by atoms with Crippen molar-refractivity contribution in [1.29, 1.82) is 0 Å². The Hall–Kier alpha value is -1.42. The Morgan fingerprint density at radius 1 is 0.800 bits per heavy atom. The Balaban J connectivity index is 1.63. The highest BCUT2D eigenvalue weighted by Crippen LogP contribution is 2.19. The monoisotopic (exact) mass is 314 g/mol. The van der Waals surface area contributed by atoms with Gasteiger partial charge in [0.2, 0.25) is 10.3 Å². The van der Waals surface area contributed by atoms with Crippen LogP contribution in [-0.2, 0) is 0 Å². The van der Waals surface area contributed by atoms with Crippen molar-refractivity contribution in [1.82, 2.24) is 29.7 Å². The molecule has 0 fully saturated rings. The van der Waals surface area contributed by atoms with Gasteiger partial charge in [-0.25, -0.2) is 9.35 Å². The Kier molecular flexibility index (Phi) is 5.12. The van der Waals surface area contributed by atoms with Gasteiger partial charge in [-0.1, -0.05) is 23.5 Å². The van der Waals surface area contributed by atoms with E-state index in [-0.39, 0.29) is 0 Å². The number of nitrogens with two attached hydrogens (primary N) is 2. The van der Waals surface area contributed by atoms with Crippen LogP contribution in [0.25, 0.3) is 0 Å². The van der Waals surface area contributed by atoms with E-state index in [9.17, 15) is 0 Å². The molecule has 0 saturated heterocycles. The van der Waals surface area contributed by atoms with E-state index < -0.39 is 0 Å². The van der Waals surface area contributed by atoms with Crippen molar-refractivity contribution in [2.24, 2.45) is 0 Å². The highest BCUT2D eigenvalue weighted by Gasteiger charge is 2.07. The SMILES string of the molecule is Cc1nnc(SCCCCSc2nnc(C)n2N)n1N. The van der Waals surface area contributed by atoms with Crippen molar-refractivity contribution >= 4 is 23.5 Å². The Labute approximate surface area is 125 Å². The van der Waals surface area contributed by atoms with Crippen LogP contribution in [0.15, 0.2) is 10.3 Å². The van der Waals surface area contributed by atoms with Gasteiger partial charge >= 0.3 is 0 Å². The van der Waals surface area contributed by atoms with Crippen LogP contribution in [0.1, 0.15) is 24.5 Å². The summed E-state index contributed by atoms with van der Waals surface area (Å²) in [5.74, 6) is 14.9. The van der Waals surface area contributed by atoms with Crippen LogP contribution in [0.3, 0.4) is 0 Å². The first-order chi connectivity index (χ1) is 9.59. The zero-order valence-corrected chi connectivity index (χ0v) is 13.1. The Morgan fingerprint density at radius 3 is 1.50 bits per heavy atom. The standard InChI is InChI=1S/C10H18N8S2/c1-7-13-15-9(17(7)11)19-5-3-4-6-20-10-16-14-8(2)18(10)12/h3-6,11-12H2,1-2H3. The molecule has 2 rings (SSSR count). The van der Waals surface area contributed by atoms with Gasteiger partial charge in [-0.15, -0.1) is 20.4 Å². The number of rotatable bonds is 7. The molecule has 2 heterocycles. The van der Waals surface area contributed by atoms with Crippen LogP contribution in [-0.4, -0.2) is 41.3 Å².